The fraction of sp³-hybridized carbons (Fsp3) is 0.425. The summed E-state index contributed by atoms with van der Waals surface area (Å²) in [7, 11) is 0. The molecular formula is C40H47FN4O10. The van der Waals surface area contributed by atoms with E-state index < -0.39 is 47.1 Å². The van der Waals surface area contributed by atoms with Crippen LogP contribution in [-0.2, 0) is 51.3 Å². The summed E-state index contributed by atoms with van der Waals surface area (Å²) >= 11 is 0. The molecule has 2 saturated heterocycles. The Hall–Kier alpha value is -5.54. The molecule has 0 aliphatic carbocycles. The third kappa shape index (κ3) is 11.5. The van der Waals surface area contributed by atoms with Crippen molar-refractivity contribution < 1.29 is 52.0 Å². The van der Waals surface area contributed by atoms with Gasteiger partial charge in [-0.3, -0.25) is 14.5 Å². The Morgan fingerprint density at radius 2 is 1.60 bits per heavy atom. The van der Waals surface area contributed by atoms with Gasteiger partial charge >= 0.3 is 24.0 Å². The average Bonchev–Trinajstić information content (AvgIpc) is 3.57. The number of nitrogens with two attached hydrogens (primary N) is 1. The maximum atomic E-state index is 15.4. The number of amides is 2. The highest BCUT2D eigenvalue weighted by molar-refractivity contribution is 6.04. The lowest BCUT2D eigenvalue weighted by Gasteiger charge is -2.39. The molecule has 2 fully saturated rings. The molecule has 0 spiro atoms. The number of piperidine rings is 1. The molecule has 14 nitrogen and oxygen atoms in total. The van der Waals surface area contributed by atoms with E-state index in [2.05, 4.69) is 10.6 Å². The first-order valence-electron chi connectivity index (χ1n) is 18.2. The zero-order valence-corrected chi connectivity index (χ0v) is 30.8. The average molecular weight is 763 g/mol. The van der Waals surface area contributed by atoms with E-state index >= 15 is 4.39 Å². The summed E-state index contributed by atoms with van der Waals surface area (Å²) in [6.07, 6.45) is -0.386. The highest BCUT2D eigenvalue weighted by Crippen LogP contribution is 2.31. The van der Waals surface area contributed by atoms with E-state index in [1.165, 1.54) is 24.0 Å². The van der Waals surface area contributed by atoms with Crippen molar-refractivity contribution in [1.82, 2.24) is 10.6 Å². The smallest absolute Gasteiger partial charge is 0.414 e. The first-order chi connectivity index (χ1) is 26.5. The topological polar surface area (TPSA) is 185 Å². The van der Waals surface area contributed by atoms with Gasteiger partial charge in [0.15, 0.2) is 11.6 Å². The standard InChI is InChI=1S/C40H47FN4O10/c1-28(46)44-23-32-24-45(38(50)54-32)31-15-16-34(33(41)22-31)53-27-39(18-20-43-21-19-39)55-37(49)40(42,36(48)52-26-30-12-6-3-7-13-30)17-9-8-14-35(47)51-25-29-10-4-2-5-11-29/h2-7,10-13,15-16,22,32,43H,8-9,14,17-21,23-27,42H2,1H3,(H,44,46)/t32-,40?/m0/s1. The largest absolute Gasteiger partial charge is 0.486 e. The van der Waals surface area contributed by atoms with Crippen molar-refractivity contribution in [2.24, 2.45) is 5.73 Å². The van der Waals surface area contributed by atoms with Crippen LogP contribution in [0.1, 0.15) is 56.6 Å². The van der Waals surface area contributed by atoms with Gasteiger partial charge in [0.25, 0.3) is 0 Å². The van der Waals surface area contributed by atoms with Crippen molar-refractivity contribution in [3.8, 4) is 5.75 Å². The van der Waals surface area contributed by atoms with Crippen LogP contribution in [-0.4, -0.2) is 79.9 Å². The van der Waals surface area contributed by atoms with Gasteiger partial charge in [-0.1, -0.05) is 60.7 Å². The molecule has 0 radical (unpaired) electrons. The van der Waals surface area contributed by atoms with Crippen LogP contribution >= 0.6 is 0 Å². The van der Waals surface area contributed by atoms with Crippen LogP contribution in [0.4, 0.5) is 14.9 Å². The molecule has 2 aliphatic heterocycles. The molecule has 3 aromatic carbocycles. The van der Waals surface area contributed by atoms with Crippen molar-refractivity contribution >= 4 is 35.6 Å². The fourth-order valence-electron chi connectivity index (χ4n) is 6.15. The number of nitrogens with zero attached hydrogens (tertiary/aromatic N) is 1. The zero-order valence-electron chi connectivity index (χ0n) is 30.8. The molecule has 2 atom stereocenters. The summed E-state index contributed by atoms with van der Waals surface area (Å²) in [5.74, 6) is -3.64. The minimum absolute atomic E-state index is 0.0431. The number of benzene rings is 3. The summed E-state index contributed by atoms with van der Waals surface area (Å²) < 4.78 is 43.5. The van der Waals surface area contributed by atoms with Gasteiger partial charge in [-0.2, -0.15) is 0 Å². The third-order valence-corrected chi connectivity index (χ3v) is 9.38. The van der Waals surface area contributed by atoms with E-state index in [4.69, 9.17) is 29.4 Å². The number of hydrogen-bond acceptors (Lipinski definition) is 12. The van der Waals surface area contributed by atoms with E-state index in [0.717, 1.165) is 11.6 Å². The van der Waals surface area contributed by atoms with E-state index in [1.54, 1.807) is 24.3 Å². The molecule has 3 aromatic rings. The normalized spacial score (nSPS) is 17.3. The Bertz CT molecular complexity index is 1790. The Kier molecular flexibility index (Phi) is 14.2. The van der Waals surface area contributed by atoms with E-state index in [-0.39, 0.29) is 88.8 Å². The van der Waals surface area contributed by atoms with Gasteiger partial charge in [-0.15, -0.1) is 0 Å². The van der Waals surface area contributed by atoms with Crippen molar-refractivity contribution in [3.05, 3.63) is 95.8 Å². The summed E-state index contributed by atoms with van der Waals surface area (Å²) in [6, 6.07) is 22.1. The van der Waals surface area contributed by atoms with Crippen LogP contribution in [0.3, 0.4) is 0 Å². The van der Waals surface area contributed by atoms with Crippen LogP contribution in [0.5, 0.6) is 5.75 Å². The maximum Gasteiger partial charge on any atom is 0.414 e. The molecule has 1 unspecified atom stereocenters. The molecule has 4 N–H and O–H groups in total. The quantitative estimate of drug-likeness (QED) is 0.0732. The first kappa shape index (κ1) is 40.6. The Morgan fingerprint density at radius 3 is 2.24 bits per heavy atom. The summed E-state index contributed by atoms with van der Waals surface area (Å²) in [5, 5.41) is 5.79. The highest BCUT2D eigenvalue weighted by Gasteiger charge is 2.49. The SMILES string of the molecule is CC(=O)NC[C@H]1CN(c2ccc(OCC3(OC(=O)C(N)(CCCCC(=O)OCc4ccccc4)C(=O)OCc4ccccc4)CCNCC3)c(F)c2)C(=O)O1. The number of carbonyl (C=O) groups excluding carboxylic acids is 5. The molecule has 55 heavy (non-hydrogen) atoms. The highest BCUT2D eigenvalue weighted by atomic mass is 19.1. The summed E-state index contributed by atoms with van der Waals surface area (Å²) in [5.41, 5.74) is 4.85. The summed E-state index contributed by atoms with van der Waals surface area (Å²) in [6.45, 7) is 2.20. The van der Waals surface area contributed by atoms with E-state index in [0.29, 0.717) is 18.7 Å². The molecular weight excluding hydrogens is 715 g/mol. The van der Waals surface area contributed by atoms with Crippen LogP contribution in [0.15, 0.2) is 78.9 Å². The molecule has 15 heteroatoms. The summed E-state index contributed by atoms with van der Waals surface area (Å²) in [4.78, 5) is 65.0. The van der Waals surface area contributed by atoms with Gasteiger partial charge in [-0.05, 0) is 55.6 Å². The molecule has 5 rings (SSSR count). The minimum Gasteiger partial charge on any atom is -0.486 e. The molecule has 2 amide bonds. The molecule has 2 heterocycles. The number of esters is 3. The lowest BCUT2D eigenvalue weighted by molar-refractivity contribution is -0.181. The number of ether oxygens (including phenoxy) is 5. The van der Waals surface area contributed by atoms with Crippen molar-refractivity contribution in [3.63, 3.8) is 0 Å². The van der Waals surface area contributed by atoms with Crippen molar-refractivity contribution in [1.29, 1.82) is 0 Å². The monoisotopic (exact) mass is 762 g/mol. The second-order valence-corrected chi connectivity index (χ2v) is 13.7. The number of unbranched alkanes of at least 4 members (excludes halogenated alkanes) is 1. The minimum atomic E-state index is -2.23. The Balaban J connectivity index is 1.23. The van der Waals surface area contributed by atoms with Crippen molar-refractivity contribution in [2.45, 2.75) is 75.9 Å². The van der Waals surface area contributed by atoms with Crippen LogP contribution in [0.25, 0.3) is 0 Å². The maximum absolute atomic E-state index is 15.4. The molecule has 2 aliphatic rings. The van der Waals surface area contributed by atoms with E-state index in [9.17, 15) is 24.0 Å². The van der Waals surface area contributed by atoms with Gasteiger partial charge < -0.3 is 40.1 Å². The van der Waals surface area contributed by atoms with Gasteiger partial charge in [0.05, 0.1) is 18.8 Å². The van der Waals surface area contributed by atoms with Gasteiger partial charge in [0.1, 0.15) is 31.5 Å². The second-order valence-electron chi connectivity index (χ2n) is 13.7. The van der Waals surface area contributed by atoms with Gasteiger partial charge in [-0.25, -0.2) is 18.8 Å². The molecule has 0 aromatic heterocycles. The van der Waals surface area contributed by atoms with Gasteiger partial charge in [0, 0.05) is 32.3 Å². The molecule has 294 valence electrons. The third-order valence-electron chi connectivity index (χ3n) is 9.38. The van der Waals surface area contributed by atoms with Crippen LogP contribution in [0.2, 0.25) is 0 Å². The molecule has 0 bridgehead atoms. The van der Waals surface area contributed by atoms with Crippen LogP contribution in [0, 0.1) is 5.82 Å². The van der Waals surface area contributed by atoms with E-state index in [1.807, 2.05) is 36.4 Å². The Labute approximate surface area is 318 Å². The Morgan fingerprint density at radius 1 is 0.945 bits per heavy atom. The zero-order chi connectivity index (χ0) is 39.3. The first-order valence-corrected chi connectivity index (χ1v) is 18.2. The van der Waals surface area contributed by atoms with Gasteiger partial charge in [0.2, 0.25) is 11.4 Å². The number of anilines is 1. The number of hydrogen-bond donors (Lipinski definition) is 3. The lowest BCUT2D eigenvalue weighted by Crippen LogP contribution is -2.60. The lowest BCUT2D eigenvalue weighted by atomic mass is 9.90. The second kappa shape index (κ2) is 19.2. The fourth-order valence-corrected chi connectivity index (χ4v) is 6.15. The number of cyclic esters (lactones) is 1. The van der Waals surface area contributed by atoms with Crippen LogP contribution < -0.4 is 26.0 Å². The number of halogens is 1. The van der Waals surface area contributed by atoms with Crippen molar-refractivity contribution in [2.75, 3.05) is 37.7 Å². The predicted molar refractivity (Wildman–Crippen MR) is 197 cm³/mol. The number of rotatable bonds is 18. The molecule has 0 saturated carbocycles. The number of nitrogens with one attached hydrogen (secondary N) is 2. The predicted octanol–water partition coefficient (Wildman–Crippen LogP) is 4.08. The number of carbonyl (C=O) groups is 5.